The highest BCUT2D eigenvalue weighted by molar-refractivity contribution is 5.20. The Morgan fingerprint density at radius 3 is 2.30 bits per heavy atom. The van der Waals surface area contributed by atoms with Crippen molar-refractivity contribution in [1.29, 1.82) is 0 Å². The maximum atomic E-state index is 5.20. The van der Waals surface area contributed by atoms with Crippen LogP contribution in [0.25, 0.3) is 0 Å². The molecule has 0 unspecified atom stereocenters. The fourth-order valence-corrected chi connectivity index (χ4v) is 3.39. The van der Waals surface area contributed by atoms with E-state index in [1.165, 1.54) is 31.2 Å². The summed E-state index contributed by atoms with van der Waals surface area (Å²) in [6.45, 7) is 13.2. The first-order valence-corrected chi connectivity index (χ1v) is 8.00. The maximum Gasteiger partial charge on any atom is 0.138 e. The minimum Gasteiger partial charge on any atom is -0.361 e. The van der Waals surface area contributed by atoms with E-state index < -0.39 is 0 Å². The smallest absolute Gasteiger partial charge is 0.138 e. The van der Waals surface area contributed by atoms with Gasteiger partial charge in [-0.15, -0.1) is 0 Å². The van der Waals surface area contributed by atoms with E-state index >= 15 is 0 Å². The van der Waals surface area contributed by atoms with Crippen molar-refractivity contribution < 1.29 is 4.52 Å². The summed E-state index contributed by atoms with van der Waals surface area (Å²) in [5.74, 6) is 2.70. The number of aromatic nitrogens is 1. The van der Waals surface area contributed by atoms with Gasteiger partial charge in [0.15, 0.2) is 0 Å². The molecule has 0 aromatic carbocycles. The van der Waals surface area contributed by atoms with Crippen LogP contribution in [0.3, 0.4) is 0 Å². The monoisotopic (exact) mass is 278 g/mol. The summed E-state index contributed by atoms with van der Waals surface area (Å²) >= 11 is 0. The van der Waals surface area contributed by atoms with Crippen molar-refractivity contribution in [2.75, 3.05) is 6.54 Å². The molecule has 1 aromatic heterocycles. The van der Waals surface area contributed by atoms with E-state index in [9.17, 15) is 0 Å². The Morgan fingerprint density at radius 1 is 1.15 bits per heavy atom. The number of nitrogens with zero attached hydrogens (tertiary/aromatic N) is 1. The average Bonchev–Trinajstić information content (AvgIpc) is 2.70. The van der Waals surface area contributed by atoms with Gasteiger partial charge in [-0.3, -0.25) is 0 Å². The Hall–Kier alpha value is -0.830. The molecule has 1 aliphatic carbocycles. The van der Waals surface area contributed by atoms with Crippen LogP contribution in [-0.2, 0) is 6.54 Å². The minimum atomic E-state index is 0.481. The Kier molecular flexibility index (Phi) is 4.90. The van der Waals surface area contributed by atoms with Crippen LogP contribution in [0.2, 0.25) is 0 Å². The zero-order chi connectivity index (χ0) is 14.8. The lowest BCUT2D eigenvalue weighted by Crippen LogP contribution is -2.30. The van der Waals surface area contributed by atoms with E-state index in [1.807, 2.05) is 13.8 Å². The van der Waals surface area contributed by atoms with E-state index in [-0.39, 0.29) is 0 Å². The molecule has 1 N–H and O–H groups in total. The van der Waals surface area contributed by atoms with Crippen LogP contribution in [0.4, 0.5) is 0 Å². The van der Waals surface area contributed by atoms with Crippen molar-refractivity contribution in [1.82, 2.24) is 10.5 Å². The van der Waals surface area contributed by atoms with Crippen molar-refractivity contribution in [3.63, 3.8) is 0 Å². The number of aryl methyl sites for hydroxylation is 2. The van der Waals surface area contributed by atoms with Crippen LogP contribution in [0.15, 0.2) is 4.52 Å². The topological polar surface area (TPSA) is 38.1 Å². The van der Waals surface area contributed by atoms with Crippen molar-refractivity contribution in [3.8, 4) is 0 Å². The molecule has 1 aliphatic rings. The van der Waals surface area contributed by atoms with E-state index in [0.29, 0.717) is 5.41 Å². The van der Waals surface area contributed by atoms with Gasteiger partial charge in [0.2, 0.25) is 0 Å². The van der Waals surface area contributed by atoms with Gasteiger partial charge in [-0.2, -0.15) is 0 Å². The number of hydrogen-bond acceptors (Lipinski definition) is 3. The molecule has 1 fully saturated rings. The van der Waals surface area contributed by atoms with E-state index in [2.05, 4.69) is 31.2 Å². The fraction of sp³-hybridized carbons (Fsp3) is 0.824. The summed E-state index contributed by atoms with van der Waals surface area (Å²) in [4.78, 5) is 0. The molecule has 3 heteroatoms. The molecule has 114 valence electrons. The van der Waals surface area contributed by atoms with E-state index in [0.717, 1.165) is 36.4 Å². The Labute approximate surface area is 123 Å². The molecule has 1 aromatic rings. The van der Waals surface area contributed by atoms with E-state index in [4.69, 9.17) is 4.52 Å². The summed E-state index contributed by atoms with van der Waals surface area (Å²) < 4.78 is 5.20. The zero-order valence-electron chi connectivity index (χ0n) is 13.8. The lowest BCUT2D eigenvalue weighted by Gasteiger charge is -2.37. The standard InChI is InChI=1S/C17H30N2O/c1-12-16(13(2)20-19-12)11-18-10-14-6-8-15(9-7-14)17(3,4)5/h14-15,18H,6-11H2,1-5H3. The van der Waals surface area contributed by atoms with Gasteiger partial charge in [0.1, 0.15) is 5.76 Å². The van der Waals surface area contributed by atoms with Gasteiger partial charge in [0.05, 0.1) is 5.69 Å². The van der Waals surface area contributed by atoms with Gasteiger partial charge in [-0.05, 0) is 63.3 Å². The average molecular weight is 278 g/mol. The highest BCUT2D eigenvalue weighted by Gasteiger charge is 2.29. The lowest BCUT2D eigenvalue weighted by molar-refractivity contribution is 0.149. The molecular formula is C17H30N2O. The zero-order valence-corrected chi connectivity index (χ0v) is 13.8. The molecule has 0 aliphatic heterocycles. The maximum absolute atomic E-state index is 5.20. The molecular weight excluding hydrogens is 248 g/mol. The second-order valence-corrected chi connectivity index (χ2v) is 7.52. The second-order valence-electron chi connectivity index (χ2n) is 7.52. The second kappa shape index (κ2) is 6.30. The van der Waals surface area contributed by atoms with Crippen molar-refractivity contribution in [2.45, 2.75) is 66.8 Å². The molecule has 0 bridgehead atoms. The summed E-state index contributed by atoms with van der Waals surface area (Å²) in [5.41, 5.74) is 2.73. The Balaban J connectivity index is 1.72. The van der Waals surface area contributed by atoms with Gasteiger partial charge in [-0.25, -0.2) is 0 Å². The third kappa shape index (κ3) is 3.85. The quantitative estimate of drug-likeness (QED) is 0.895. The van der Waals surface area contributed by atoms with Crippen LogP contribution in [0.1, 0.15) is 63.5 Å². The summed E-state index contributed by atoms with van der Waals surface area (Å²) in [6, 6.07) is 0. The molecule has 20 heavy (non-hydrogen) atoms. The minimum absolute atomic E-state index is 0.481. The largest absolute Gasteiger partial charge is 0.361 e. The molecule has 3 nitrogen and oxygen atoms in total. The van der Waals surface area contributed by atoms with Crippen molar-refractivity contribution >= 4 is 0 Å². The highest BCUT2D eigenvalue weighted by atomic mass is 16.5. The van der Waals surface area contributed by atoms with Gasteiger partial charge in [-0.1, -0.05) is 25.9 Å². The molecule has 1 saturated carbocycles. The third-order valence-corrected chi connectivity index (χ3v) is 4.99. The van der Waals surface area contributed by atoms with Crippen molar-refractivity contribution in [2.24, 2.45) is 17.3 Å². The molecule has 2 rings (SSSR count). The molecule has 0 radical (unpaired) electrons. The van der Waals surface area contributed by atoms with Gasteiger partial charge in [0, 0.05) is 12.1 Å². The SMILES string of the molecule is Cc1noc(C)c1CNCC1CCC(C(C)(C)C)CC1. The third-order valence-electron chi connectivity index (χ3n) is 4.99. The van der Waals surface area contributed by atoms with Crippen LogP contribution < -0.4 is 5.32 Å². The molecule has 0 saturated heterocycles. The Bertz CT molecular complexity index is 403. The van der Waals surface area contributed by atoms with Crippen LogP contribution in [0.5, 0.6) is 0 Å². The molecule has 0 atom stereocenters. The van der Waals surface area contributed by atoms with Gasteiger partial charge < -0.3 is 9.84 Å². The summed E-state index contributed by atoms with van der Waals surface area (Å²) in [6.07, 6.45) is 5.52. The Morgan fingerprint density at radius 2 is 1.80 bits per heavy atom. The predicted octanol–water partition coefficient (Wildman–Crippen LogP) is 4.23. The van der Waals surface area contributed by atoms with Crippen molar-refractivity contribution in [3.05, 3.63) is 17.0 Å². The first-order chi connectivity index (χ1) is 9.38. The lowest BCUT2D eigenvalue weighted by atomic mass is 9.70. The summed E-state index contributed by atoms with van der Waals surface area (Å²) in [5, 5.41) is 7.60. The number of rotatable bonds is 4. The number of nitrogens with one attached hydrogen (secondary N) is 1. The highest BCUT2D eigenvalue weighted by Crippen LogP contribution is 2.39. The molecule has 0 spiro atoms. The molecule has 0 amide bonds. The van der Waals surface area contributed by atoms with E-state index in [1.54, 1.807) is 0 Å². The first kappa shape index (κ1) is 15.6. The fourth-order valence-electron chi connectivity index (χ4n) is 3.39. The summed E-state index contributed by atoms with van der Waals surface area (Å²) in [7, 11) is 0. The van der Waals surface area contributed by atoms with Gasteiger partial charge in [0.25, 0.3) is 0 Å². The number of hydrogen-bond donors (Lipinski definition) is 1. The predicted molar refractivity (Wildman–Crippen MR) is 82.6 cm³/mol. The normalized spacial score (nSPS) is 24.1. The molecule has 1 heterocycles. The van der Waals surface area contributed by atoms with Crippen LogP contribution in [-0.4, -0.2) is 11.7 Å². The van der Waals surface area contributed by atoms with Crippen LogP contribution in [0, 0.1) is 31.1 Å². The van der Waals surface area contributed by atoms with Gasteiger partial charge >= 0.3 is 0 Å². The van der Waals surface area contributed by atoms with Crippen LogP contribution >= 0.6 is 0 Å². The first-order valence-electron chi connectivity index (χ1n) is 8.00.